The Balaban J connectivity index is 1.98. The Morgan fingerprint density at radius 2 is 2.12 bits per heavy atom. The topological polar surface area (TPSA) is 79.4 Å². The third-order valence-corrected chi connectivity index (χ3v) is 3.66. The zero-order valence-corrected chi connectivity index (χ0v) is 15.3. The van der Waals surface area contributed by atoms with Gasteiger partial charge >= 0.3 is 0 Å². The average Bonchev–Trinajstić information content (AvgIpc) is 2.59. The van der Waals surface area contributed by atoms with Crippen molar-refractivity contribution in [1.82, 2.24) is 20.2 Å². The van der Waals surface area contributed by atoms with E-state index in [1.54, 1.807) is 31.4 Å². The van der Waals surface area contributed by atoms with Crippen LogP contribution in [0, 0.1) is 0 Å². The molecule has 0 aliphatic rings. The van der Waals surface area contributed by atoms with Crippen molar-refractivity contribution in [3.05, 3.63) is 41.2 Å². The van der Waals surface area contributed by atoms with Crippen LogP contribution in [-0.4, -0.2) is 55.1 Å². The smallest absolute Gasteiger partial charge is 0.270 e. The minimum atomic E-state index is -0.225. The van der Waals surface area contributed by atoms with Gasteiger partial charge in [0.2, 0.25) is 5.95 Å². The molecule has 7 nitrogen and oxygen atoms in total. The predicted molar refractivity (Wildman–Crippen MR) is 98.8 cm³/mol. The minimum absolute atomic E-state index is 0.225. The average molecular weight is 364 g/mol. The molecule has 2 aromatic rings. The number of benzene rings is 1. The summed E-state index contributed by atoms with van der Waals surface area (Å²) >= 11 is 6.10. The van der Waals surface area contributed by atoms with Gasteiger partial charge < -0.3 is 20.3 Å². The van der Waals surface area contributed by atoms with E-state index in [1.807, 2.05) is 14.1 Å². The molecule has 2 rings (SSSR count). The summed E-state index contributed by atoms with van der Waals surface area (Å²) in [6.07, 6.45) is 2.41. The molecular weight excluding hydrogens is 342 g/mol. The van der Waals surface area contributed by atoms with Crippen LogP contribution in [0.3, 0.4) is 0 Å². The summed E-state index contributed by atoms with van der Waals surface area (Å²) in [5.41, 5.74) is 1.01. The molecule has 25 heavy (non-hydrogen) atoms. The summed E-state index contributed by atoms with van der Waals surface area (Å²) in [7, 11) is 5.54. The maximum Gasteiger partial charge on any atom is 0.270 e. The van der Waals surface area contributed by atoms with Crippen molar-refractivity contribution in [2.75, 3.05) is 39.6 Å². The number of hydrogen-bond donors (Lipinski definition) is 2. The largest absolute Gasteiger partial charge is 0.495 e. The fraction of sp³-hybridized carbons (Fsp3) is 0.353. The van der Waals surface area contributed by atoms with E-state index in [0.29, 0.717) is 34.6 Å². The molecule has 0 bridgehead atoms. The quantitative estimate of drug-likeness (QED) is 0.702. The molecule has 0 radical (unpaired) electrons. The summed E-state index contributed by atoms with van der Waals surface area (Å²) in [5, 5.41) is 6.35. The molecule has 134 valence electrons. The van der Waals surface area contributed by atoms with E-state index in [1.165, 1.54) is 6.20 Å². The monoisotopic (exact) mass is 363 g/mol. The van der Waals surface area contributed by atoms with Crippen LogP contribution in [0.1, 0.15) is 16.9 Å². The highest BCUT2D eigenvalue weighted by Crippen LogP contribution is 2.28. The molecule has 1 aromatic carbocycles. The molecule has 8 heteroatoms. The van der Waals surface area contributed by atoms with Crippen LogP contribution in [0.4, 0.5) is 11.6 Å². The number of aromatic nitrogens is 2. The number of carbonyl (C=O) groups excluding carboxylic acids is 1. The zero-order valence-electron chi connectivity index (χ0n) is 14.5. The van der Waals surface area contributed by atoms with Gasteiger partial charge in [0.05, 0.1) is 12.1 Å². The van der Waals surface area contributed by atoms with Crippen LogP contribution in [0.25, 0.3) is 0 Å². The summed E-state index contributed by atoms with van der Waals surface area (Å²) < 4.78 is 5.12. The number of nitrogens with zero attached hydrogens (tertiary/aromatic N) is 3. The number of methoxy groups -OCH3 is 1. The van der Waals surface area contributed by atoms with Gasteiger partial charge in [-0.3, -0.25) is 4.79 Å². The number of carbonyl (C=O) groups is 1. The first-order valence-corrected chi connectivity index (χ1v) is 8.24. The SMILES string of the molecule is COc1ccc(Nc2nccc(C(=O)NCCCN(C)C)n2)cc1Cl. The van der Waals surface area contributed by atoms with Crippen molar-refractivity contribution in [2.24, 2.45) is 0 Å². The summed E-state index contributed by atoms with van der Waals surface area (Å²) in [6, 6.07) is 6.82. The second-order valence-corrected chi connectivity index (χ2v) is 6.06. The van der Waals surface area contributed by atoms with Crippen LogP contribution >= 0.6 is 11.6 Å². The van der Waals surface area contributed by atoms with Crippen molar-refractivity contribution >= 4 is 29.1 Å². The lowest BCUT2D eigenvalue weighted by Gasteiger charge is -2.10. The van der Waals surface area contributed by atoms with Gasteiger partial charge in [-0.05, 0) is 51.3 Å². The van der Waals surface area contributed by atoms with Gasteiger partial charge in [0.25, 0.3) is 5.91 Å². The summed E-state index contributed by atoms with van der Waals surface area (Å²) in [5.74, 6) is 0.679. The second kappa shape index (κ2) is 9.19. The first kappa shape index (κ1) is 19.0. The number of nitrogens with one attached hydrogen (secondary N) is 2. The molecule has 1 amide bonds. The Kier molecular flexibility index (Phi) is 6.97. The van der Waals surface area contributed by atoms with Crippen LogP contribution in [0.15, 0.2) is 30.5 Å². The van der Waals surface area contributed by atoms with Gasteiger partial charge in [-0.15, -0.1) is 0 Å². The second-order valence-electron chi connectivity index (χ2n) is 5.65. The van der Waals surface area contributed by atoms with Crippen molar-refractivity contribution in [3.63, 3.8) is 0 Å². The van der Waals surface area contributed by atoms with Crippen LogP contribution < -0.4 is 15.4 Å². The maximum atomic E-state index is 12.2. The molecule has 0 spiro atoms. The molecular formula is C17H22ClN5O2. The van der Waals surface area contributed by atoms with Crippen molar-refractivity contribution in [1.29, 1.82) is 0 Å². The number of halogens is 1. The van der Waals surface area contributed by atoms with E-state index >= 15 is 0 Å². The van der Waals surface area contributed by atoms with Crippen molar-refractivity contribution in [3.8, 4) is 5.75 Å². The van der Waals surface area contributed by atoms with Gasteiger partial charge in [0, 0.05) is 18.4 Å². The summed E-state index contributed by atoms with van der Waals surface area (Å²) in [6.45, 7) is 1.51. The third-order valence-electron chi connectivity index (χ3n) is 3.36. The van der Waals surface area contributed by atoms with Crippen LogP contribution in [0.5, 0.6) is 5.75 Å². The number of hydrogen-bond acceptors (Lipinski definition) is 6. The van der Waals surface area contributed by atoms with Crippen molar-refractivity contribution < 1.29 is 9.53 Å². The molecule has 0 atom stereocenters. The fourth-order valence-corrected chi connectivity index (χ4v) is 2.36. The number of anilines is 2. The number of rotatable bonds is 8. The molecule has 1 aromatic heterocycles. The molecule has 0 aliphatic carbocycles. The van der Waals surface area contributed by atoms with Gasteiger partial charge in [0.15, 0.2) is 0 Å². The first-order chi connectivity index (χ1) is 12.0. The molecule has 0 saturated heterocycles. The van der Waals surface area contributed by atoms with E-state index in [-0.39, 0.29) is 5.91 Å². The Labute approximate surface area is 152 Å². The summed E-state index contributed by atoms with van der Waals surface area (Å²) in [4.78, 5) is 22.6. The lowest BCUT2D eigenvalue weighted by atomic mass is 10.3. The van der Waals surface area contributed by atoms with Gasteiger partial charge in [-0.1, -0.05) is 11.6 Å². The Morgan fingerprint density at radius 1 is 1.32 bits per heavy atom. The molecule has 0 saturated carbocycles. The highest BCUT2D eigenvalue weighted by molar-refractivity contribution is 6.32. The maximum absolute atomic E-state index is 12.2. The highest BCUT2D eigenvalue weighted by atomic mass is 35.5. The van der Waals surface area contributed by atoms with Crippen molar-refractivity contribution in [2.45, 2.75) is 6.42 Å². The van der Waals surface area contributed by atoms with E-state index in [2.05, 4.69) is 25.5 Å². The van der Waals surface area contributed by atoms with E-state index in [9.17, 15) is 4.79 Å². The molecule has 0 aliphatic heterocycles. The fourth-order valence-electron chi connectivity index (χ4n) is 2.11. The lowest BCUT2D eigenvalue weighted by Crippen LogP contribution is -2.28. The van der Waals surface area contributed by atoms with Crippen LogP contribution in [0.2, 0.25) is 5.02 Å². The van der Waals surface area contributed by atoms with E-state index in [4.69, 9.17) is 16.3 Å². The molecule has 0 fully saturated rings. The van der Waals surface area contributed by atoms with Gasteiger partial charge in [-0.25, -0.2) is 9.97 Å². The molecule has 2 N–H and O–H groups in total. The lowest BCUT2D eigenvalue weighted by molar-refractivity contribution is 0.0947. The first-order valence-electron chi connectivity index (χ1n) is 7.86. The number of amides is 1. The Hall–Kier alpha value is -2.38. The Bertz CT molecular complexity index is 724. The number of ether oxygens (including phenoxy) is 1. The molecule has 1 heterocycles. The van der Waals surface area contributed by atoms with E-state index < -0.39 is 0 Å². The van der Waals surface area contributed by atoms with Crippen LogP contribution in [-0.2, 0) is 0 Å². The molecule has 0 unspecified atom stereocenters. The standard InChI is InChI=1S/C17H22ClN5O2/c1-23(2)10-4-8-19-16(24)14-7-9-20-17(22-14)21-12-5-6-15(25-3)13(18)11-12/h5-7,9,11H,4,8,10H2,1-3H3,(H,19,24)(H,20,21,22). The van der Waals surface area contributed by atoms with Gasteiger partial charge in [0.1, 0.15) is 11.4 Å². The Morgan fingerprint density at radius 3 is 2.80 bits per heavy atom. The van der Waals surface area contributed by atoms with E-state index in [0.717, 1.165) is 13.0 Å². The van der Waals surface area contributed by atoms with Gasteiger partial charge in [-0.2, -0.15) is 0 Å². The minimum Gasteiger partial charge on any atom is -0.495 e. The zero-order chi connectivity index (χ0) is 18.2. The third kappa shape index (κ3) is 5.88. The predicted octanol–water partition coefficient (Wildman–Crippen LogP) is 2.56. The normalized spacial score (nSPS) is 10.6. The highest BCUT2D eigenvalue weighted by Gasteiger charge is 2.09.